The third kappa shape index (κ3) is 18.5. The molecule has 0 radical (unpaired) electrons. The fraction of sp³-hybridized carbons (Fsp3) is 0.667. The van der Waals surface area contributed by atoms with Crippen LogP contribution in [0.3, 0.4) is 0 Å². The molecule has 23 N–H and O–H groups in total. The highest BCUT2D eigenvalue weighted by molar-refractivity contribution is 5.98. The van der Waals surface area contributed by atoms with Crippen molar-refractivity contribution in [1.82, 2.24) is 42.1 Å². The molecule has 39 heteroatoms. The number of unbranched alkanes of at least 4 members (excludes halogenated alkanes) is 1. The molecule has 0 saturated carbocycles. The van der Waals surface area contributed by atoms with E-state index in [-0.39, 0.29) is 56.3 Å². The van der Waals surface area contributed by atoms with Gasteiger partial charge in [0.2, 0.25) is 41.7 Å². The van der Waals surface area contributed by atoms with Gasteiger partial charge in [-0.25, -0.2) is 0 Å². The van der Waals surface area contributed by atoms with Gasteiger partial charge in [-0.3, -0.25) is 43.5 Å². The number of nitrogens with one attached hydrogen (secondary N) is 7. The average Bonchev–Trinajstić information content (AvgIpc) is 1.44. The maximum Gasteiger partial charge on any atom is 0.305 e. The molecule has 26 unspecified atom stereocenters. The highest BCUT2D eigenvalue weighted by Gasteiger charge is 2.55. The Morgan fingerprint density at radius 1 is 0.657 bits per heavy atom. The number of carbonyl (C=O) groups is 7. The number of benzene rings is 2. The number of nitrogens with two attached hydrogens (primary N) is 2. The van der Waals surface area contributed by atoms with Crippen molar-refractivity contribution in [3.8, 4) is 5.75 Å². The highest BCUT2D eigenvalue weighted by atomic mass is 16.8. The molecule has 5 saturated heterocycles. The first-order chi connectivity index (χ1) is 48.8. The zero-order valence-electron chi connectivity index (χ0n) is 55.6. The van der Waals surface area contributed by atoms with Gasteiger partial charge in [-0.05, 0) is 36.1 Å². The summed E-state index contributed by atoms with van der Waals surface area (Å²) < 4.78 is 46.1. The van der Waals surface area contributed by atoms with Crippen LogP contribution in [0.15, 0.2) is 64.6 Å². The van der Waals surface area contributed by atoms with Crippen LogP contribution in [0.5, 0.6) is 5.75 Å². The number of hydrogen-bond acceptors (Lipinski definition) is 33. The molecule has 0 aliphatic carbocycles. The van der Waals surface area contributed by atoms with E-state index in [1.54, 1.807) is 37.3 Å². The van der Waals surface area contributed by atoms with Gasteiger partial charge in [0.05, 0.1) is 71.2 Å². The van der Waals surface area contributed by atoms with E-state index in [0.717, 1.165) is 11.3 Å². The summed E-state index contributed by atoms with van der Waals surface area (Å²) >= 11 is 0. The predicted octanol–water partition coefficient (Wildman–Crippen LogP) is -10.7. The molecule has 7 heterocycles. The fourth-order valence-electron chi connectivity index (χ4n) is 12.9. The van der Waals surface area contributed by atoms with Crippen LogP contribution in [0.4, 0.5) is 0 Å². The van der Waals surface area contributed by atoms with Gasteiger partial charge >= 0.3 is 5.97 Å². The molecule has 7 aliphatic heterocycles. The second kappa shape index (κ2) is 35.7. The summed E-state index contributed by atoms with van der Waals surface area (Å²) in [4.78, 5) is 109. The van der Waals surface area contributed by atoms with E-state index in [2.05, 4.69) is 47.2 Å². The van der Waals surface area contributed by atoms with E-state index in [1.165, 1.54) is 24.3 Å². The van der Waals surface area contributed by atoms with Crippen LogP contribution in [0.25, 0.3) is 0 Å². The molecule has 7 aliphatic rings. The van der Waals surface area contributed by atoms with Crippen molar-refractivity contribution < 1.29 is 133 Å². The van der Waals surface area contributed by atoms with Crippen LogP contribution in [-0.4, -0.2) is 325 Å². The lowest BCUT2D eigenvalue weighted by molar-refractivity contribution is -0.381. The van der Waals surface area contributed by atoms with Crippen molar-refractivity contribution in [1.29, 1.82) is 0 Å². The predicted molar refractivity (Wildman–Crippen MR) is 344 cm³/mol. The van der Waals surface area contributed by atoms with Crippen molar-refractivity contribution in [2.75, 3.05) is 52.7 Å². The zero-order chi connectivity index (χ0) is 73.8. The molecule has 2 aromatic rings. The van der Waals surface area contributed by atoms with Crippen LogP contribution >= 0.6 is 0 Å². The molecule has 0 bridgehead atoms. The highest BCUT2D eigenvalue weighted by Crippen LogP contribution is 2.35. The first-order valence-corrected chi connectivity index (χ1v) is 33.5. The summed E-state index contributed by atoms with van der Waals surface area (Å²) in [5, 5.41) is 151. The zero-order valence-corrected chi connectivity index (χ0v) is 55.6. The lowest BCUT2D eigenvalue weighted by Gasteiger charge is -2.48. The minimum Gasteiger partial charge on any atom is -0.466 e. The van der Waals surface area contributed by atoms with Gasteiger partial charge in [0.25, 0.3) is 0 Å². The topological polar surface area (TPSA) is 600 Å². The van der Waals surface area contributed by atoms with E-state index >= 15 is 14.4 Å². The number of ether oxygens (including phenoxy) is 8. The standard InChI is InChI=1S/C63H92N12O27/c1-3-5-17-95-38(80)15-16-39-96-25-36-53(101-39)48(86)51(89)61(100-36)102-52-35(24-78)99-60(50(88)47(52)85)97-28-13-11-26(12-14-28)18-30-55(91)73-41(43(81)31-19-67-62(64)71-31)58(94)74-42(44(82)33-20-68-63(65)75(33)59-49(87)46(84)45(83)34(23-77)98-59)57(93)70-32(22-76)54(90)66-21-37(79)72-40(56(92)69-30)29(4-2)27-9-7-6-8-10-27/h6-14,29-36,39-53,59-61,76-78,81-89H,3-5,15-25H2,1-2H3,(H2,65,68)(H,66,90)(H,69,92)(H,70,93)(H,72,79)(H,73,91)(H,74,94)(H3,64,67,71). The summed E-state index contributed by atoms with van der Waals surface area (Å²) in [5.41, 5.74) is 12.9. The minimum absolute atomic E-state index is 0.0463. The normalized spacial score (nSPS) is 36.1. The number of carbonyl (C=O) groups excluding carboxylic acids is 7. The van der Waals surface area contributed by atoms with Gasteiger partial charge < -0.3 is 153 Å². The SMILES string of the molecule is CCCCOC(=O)CCC1OCC2OC(OC3C(CO)OC(Oc4ccc(CC5NC(=O)C(C(CC)c6ccccc6)NC(=O)CNC(=O)C(CO)NC(=O)C(C(O)C6CN=C(N)N6C6OC(CO)C(O)C(O)C6O)NC(=O)C(C(O)C6CN=C(N)N6)NC5=O)cc4)C(O)C3O)C(O)C(O)C2O1. The number of aliphatic imine (C=N–C) groups is 2. The van der Waals surface area contributed by atoms with Gasteiger partial charge in [0.15, 0.2) is 30.7 Å². The molecular weight excluding hydrogens is 1360 g/mol. The van der Waals surface area contributed by atoms with E-state index < -0.39 is 245 Å². The number of esters is 1. The number of hydrogen-bond donors (Lipinski definition) is 21. The summed E-state index contributed by atoms with van der Waals surface area (Å²) in [6.07, 6.45) is -29.4. The van der Waals surface area contributed by atoms with Crippen molar-refractivity contribution in [2.24, 2.45) is 21.5 Å². The monoisotopic (exact) mass is 1450 g/mol. The van der Waals surface area contributed by atoms with Gasteiger partial charge in [-0.2, -0.15) is 0 Å². The van der Waals surface area contributed by atoms with Gasteiger partial charge in [-0.15, -0.1) is 0 Å². The number of rotatable bonds is 23. The van der Waals surface area contributed by atoms with Crippen molar-refractivity contribution in [3.63, 3.8) is 0 Å². The third-order valence-corrected chi connectivity index (χ3v) is 18.7. The lowest BCUT2D eigenvalue weighted by Crippen LogP contribution is -2.70. The molecule has 6 amide bonds. The Balaban J connectivity index is 0.968. The Kier molecular flexibility index (Phi) is 27.5. The number of amides is 6. The number of guanidine groups is 2. The second-order valence-electron chi connectivity index (χ2n) is 25.6. The summed E-state index contributed by atoms with van der Waals surface area (Å²) in [5.74, 6) is -9.35. The van der Waals surface area contributed by atoms with Crippen LogP contribution in [-0.2, 0) is 73.1 Å². The molecule has 2 aromatic carbocycles. The first kappa shape index (κ1) is 78.5. The van der Waals surface area contributed by atoms with E-state index in [0.29, 0.717) is 12.0 Å². The molecule has 9 rings (SSSR count). The quantitative estimate of drug-likeness (QED) is 0.0363. The first-order valence-electron chi connectivity index (χ1n) is 33.5. The van der Waals surface area contributed by atoms with E-state index in [9.17, 15) is 80.5 Å². The van der Waals surface area contributed by atoms with Crippen LogP contribution in [0.1, 0.15) is 63.0 Å². The molecule has 26 atom stereocenters. The van der Waals surface area contributed by atoms with Crippen LogP contribution in [0, 0.1) is 0 Å². The smallest absolute Gasteiger partial charge is 0.305 e. The van der Waals surface area contributed by atoms with Crippen LogP contribution in [0.2, 0.25) is 0 Å². The van der Waals surface area contributed by atoms with Crippen molar-refractivity contribution in [3.05, 3.63) is 65.7 Å². The minimum atomic E-state index is -2.35. The molecule has 566 valence electrons. The number of fused-ring (bicyclic) bond motifs is 1. The third-order valence-electron chi connectivity index (χ3n) is 18.7. The largest absolute Gasteiger partial charge is 0.466 e. The maximum absolute atomic E-state index is 15.3. The molecule has 102 heavy (non-hydrogen) atoms. The molecule has 39 nitrogen and oxygen atoms in total. The van der Waals surface area contributed by atoms with Crippen LogP contribution < -0.4 is 53.4 Å². The Morgan fingerprint density at radius 3 is 1.99 bits per heavy atom. The summed E-state index contributed by atoms with van der Waals surface area (Å²) in [6.45, 7) is -0.962. The van der Waals surface area contributed by atoms with Gasteiger partial charge in [-0.1, -0.05) is 62.7 Å². The lowest BCUT2D eigenvalue weighted by atomic mass is 9.88. The van der Waals surface area contributed by atoms with Crippen molar-refractivity contribution >= 4 is 53.3 Å². The Labute approximate surface area is 583 Å². The fourth-order valence-corrected chi connectivity index (χ4v) is 12.9. The summed E-state index contributed by atoms with van der Waals surface area (Å²) in [7, 11) is 0. The molecule has 0 spiro atoms. The van der Waals surface area contributed by atoms with Gasteiger partial charge in [0.1, 0.15) is 121 Å². The summed E-state index contributed by atoms with van der Waals surface area (Å²) in [6, 6.07) is 1.05. The van der Waals surface area contributed by atoms with E-state index in [4.69, 9.17) is 49.4 Å². The number of nitrogens with zero attached hydrogens (tertiary/aromatic N) is 3. The maximum atomic E-state index is 15.3. The average molecular weight is 1450 g/mol. The number of aliphatic hydroxyl groups is 12. The Morgan fingerprint density at radius 2 is 1.32 bits per heavy atom. The molecular formula is C63H92N12O27. The molecule has 0 aromatic heterocycles. The Hall–Kier alpha value is -7.65. The van der Waals surface area contributed by atoms with Gasteiger partial charge in [0, 0.05) is 18.8 Å². The Bertz CT molecular complexity index is 3240. The number of aliphatic hydroxyl groups excluding tert-OH is 12. The molecule has 5 fully saturated rings. The van der Waals surface area contributed by atoms with E-state index in [1.807, 2.05) is 6.92 Å². The second-order valence-corrected chi connectivity index (χ2v) is 25.6. The van der Waals surface area contributed by atoms with Crippen molar-refractivity contribution in [2.45, 2.75) is 211 Å².